The summed E-state index contributed by atoms with van der Waals surface area (Å²) in [5.41, 5.74) is 0.933. The third-order valence-corrected chi connectivity index (χ3v) is 5.10. The van der Waals surface area contributed by atoms with E-state index in [4.69, 9.17) is 4.74 Å². The van der Waals surface area contributed by atoms with Crippen molar-refractivity contribution in [1.82, 2.24) is 15.2 Å². The predicted molar refractivity (Wildman–Crippen MR) is 90.7 cm³/mol. The lowest BCUT2D eigenvalue weighted by molar-refractivity contribution is -0.146. The molecule has 2 N–H and O–H groups in total. The molecule has 1 amide bonds. The number of amides is 1. The molecule has 0 aliphatic carbocycles. The van der Waals surface area contributed by atoms with Gasteiger partial charge in [-0.15, -0.1) is 0 Å². The quantitative estimate of drug-likeness (QED) is 0.822. The Morgan fingerprint density at radius 1 is 1.28 bits per heavy atom. The lowest BCUT2D eigenvalue weighted by Gasteiger charge is -2.41. The summed E-state index contributed by atoms with van der Waals surface area (Å²) < 4.78 is 5.40. The van der Waals surface area contributed by atoms with Crippen molar-refractivity contribution >= 4 is 11.9 Å². The number of pyridine rings is 1. The number of hydrogen-bond donors (Lipinski definition) is 2. The van der Waals surface area contributed by atoms with Crippen molar-refractivity contribution in [3.8, 4) is 0 Å². The molecule has 2 atom stereocenters. The van der Waals surface area contributed by atoms with Gasteiger partial charge in [0.05, 0.1) is 11.8 Å². The van der Waals surface area contributed by atoms with E-state index in [0.29, 0.717) is 45.3 Å². The van der Waals surface area contributed by atoms with Gasteiger partial charge in [0.2, 0.25) is 5.91 Å². The first-order valence-electron chi connectivity index (χ1n) is 8.84. The zero-order chi connectivity index (χ0) is 17.6. The van der Waals surface area contributed by atoms with E-state index in [2.05, 4.69) is 15.2 Å². The van der Waals surface area contributed by atoms with E-state index in [0.717, 1.165) is 18.4 Å². The lowest BCUT2D eigenvalue weighted by Crippen LogP contribution is -2.52. The van der Waals surface area contributed by atoms with Crippen LogP contribution in [0.4, 0.5) is 0 Å². The van der Waals surface area contributed by atoms with Gasteiger partial charge in [-0.3, -0.25) is 19.5 Å². The highest BCUT2D eigenvalue weighted by atomic mass is 16.5. The van der Waals surface area contributed by atoms with Crippen molar-refractivity contribution in [3.05, 3.63) is 30.1 Å². The summed E-state index contributed by atoms with van der Waals surface area (Å²) in [6, 6.07) is 4.04. The summed E-state index contributed by atoms with van der Waals surface area (Å²) in [7, 11) is 0. The average Bonchev–Trinajstić information content (AvgIpc) is 2.67. The van der Waals surface area contributed by atoms with Crippen LogP contribution in [0.5, 0.6) is 0 Å². The van der Waals surface area contributed by atoms with Gasteiger partial charge in [-0.25, -0.2) is 0 Å². The number of aliphatic carboxylic acids is 1. The van der Waals surface area contributed by atoms with Crippen LogP contribution >= 0.6 is 0 Å². The number of carbonyl (C=O) groups excluding carboxylic acids is 1. The fraction of sp³-hybridized carbons (Fsp3) is 0.611. The molecule has 25 heavy (non-hydrogen) atoms. The maximum atomic E-state index is 12.6. The van der Waals surface area contributed by atoms with Crippen LogP contribution in [-0.2, 0) is 20.9 Å². The number of likely N-dealkylation sites (tertiary alicyclic amines) is 1. The van der Waals surface area contributed by atoms with Crippen LogP contribution in [0.1, 0.15) is 24.8 Å². The highest BCUT2D eigenvalue weighted by Gasteiger charge is 2.37. The Hall–Kier alpha value is -1.99. The number of carboxylic acid groups (broad SMARTS) is 1. The molecule has 7 heteroatoms. The molecule has 1 aromatic heterocycles. The number of ether oxygens (including phenoxy) is 1. The van der Waals surface area contributed by atoms with Gasteiger partial charge in [-0.05, 0) is 30.9 Å². The molecule has 0 spiro atoms. The minimum atomic E-state index is -0.818. The number of nitrogens with one attached hydrogen (secondary N) is 1. The fourth-order valence-corrected chi connectivity index (χ4v) is 3.69. The minimum Gasteiger partial charge on any atom is -0.481 e. The molecule has 3 rings (SSSR count). The number of aromatic nitrogens is 1. The summed E-state index contributed by atoms with van der Waals surface area (Å²) in [5, 5.41) is 12.4. The zero-order valence-corrected chi connectivity index (χ0v) is 14.3. The smallest absolute Gasteiger partial charge is 0.307 e. The number of piperidine rings is 1. The van der Waals surface area contributed by atoms with Gasteiger partial charge in [0.1, 0.15) is 0 Å². The van der Waals surface area contributed by atoms with Crippen molar-refractivity contribution in [3.63, 3.8) is 0 Å². The Morgan fingerprint density at radius 2 is 2.04 bits per heavy atom. The highest BCUT2D eigenvalue weighted by molar-refractivity contribution is 5.80. The average molecular weight is 347 g/mol. The first kappa shape index (κ1) is 17.8. The summed E-state index contributed by atoms with van der Waals surface area (Å²) in [6.45, 7) is 2.96. The van der Waals surface area contributed by atoms with Gasteiger partial charge < -0.3 is 15.2 Å². The molecule has 0 saturated carbocycles. The van der Waals surface area contributed by atoms with Crippen molar-refractivity contribution in [2.75, 3.05) is 26.3 Å². The van der Waals surface area contributed by atoms with Crippen LogP contribution in [0.3, 0.4) is 0 Å². The maximum Gasteiger partial charge on any atom is 0.307 e. The van der Waals surface area contributed by atoms with Crippen molar-refractivity contribution in [2.24, 2.45) is 11.8 Å². The van der Waals surface area contributed by atoms with Crippen molar-refractivity contribution in [2.45, 2.75) is 31.8 Å². The molecule has 0 unspecified atom stereocenters. The third kappa shape index (κ3) is 4.76. The molecular formula is C18H25N3O4. The molecule has 0 aromatic carbocycles. The van der Waals surface area contributed by atoms with E-state index < -0.39 is 11.9 Å². The molecule has 136 valence electrons. The van der Waals surface area contributed by atoms with Gasteiger partial charge in [0, 0.05) is 51.3 Å². The summed E-state index contributed by atoms with van der Waals surface area (Å²) >= 11 is 0. The summed E-state index contributed by atoms with van der Waals surface area (Å²) in [6.07, 6.45) is 5.60. The molecule has 0 bridgehead atoms. The van der Waals surface area contributed by atoms with Crippen LogP contribution < -0.4 is 5.32 Å². The predicted octanol–water partition coefficient (Wildman–Crippen LogP) is 0.899. The zero-order valence-electron chi connectivity index (χ0n) is 14.3. The third-order valence-electron chi connectivity index (χ3n) is 5.10. The van der Waals surface area contributed by atoms with Gasteiger partial charge in [0.15, 0.2) is 0 Å². The van der Waals surface area contributed by atoms with Gasteiger partial charge in [-0.2, -0.15) is 0 Å². The number of hydrogen-bond acceptors (Lipinski definition) is 5. The minimum absolute atomic E-state index is 0.0770. The topological polar surface area (TPSA) is 91.8 Å². The van der Waals surface area contributed by atoms with Gasteiger partial charge in [0.25, 0.3) is 0 Å². The SMILES string of the molecule is O=C(O)[C@H]1C[C@@H](C(=O)NCc2cccnc2)CN(C2CCOCC2)C1. The van der Waals surface area contributed by atoms with Crippen LogP contribution in [-0.4, -0.2) is 59.2 Å². The van der Waals surface area contributed by atoms with E-state index >= 15 is 0 Å². The number of carbonyl (C=O) groups is 2. The molecule has 2 saturated heterocycles. The van der Waals surface area contributed by atoms with E-state index in [1.165, 1.54) is 0 Å². The molecule has 2 aliphatic rings. The Balaban J connectivity index is 1.61. The monoisotopic (exact) mass is 347 g/mol. The second-order valence-electron chi connectivity index (χ2n) is 6.84. The second-order valence-corrected chi connectivity index (χ2v) is 6.84. The van der Waals surface area contributed by atoms with Crippen LogP contribution in [0, 0.1) is 11.8 Å². The van der Waals surface area contributed by atoms with Crippen LogP contribution in [0.25, 0.3) is 0 Å². The lowest BCUT2D eigenvalue weighted by atomic mass is 9.86. The summed E-state index contributed by atoms with van der Waals surface area (Å²) in [4.78, 5) is 30.3. The maximum absolute atomic E-state index is 12.6. The first-order valence-corrected chi connectivity index (χ1v) is 8.84. The van der Waals surface area contributed by atoms with Crippen molar-refractivity contribution < 1.29 is 19.4 Å². The highest BCUT2D eigenvalue weighted by Crippen LogP contribution is 2.27. The van der Waals surface area contributed by atoms with Gasteiger partial charge >= 0.3 is 5.97 Å². The summed E-state index contributed by atoms with van der Waals surface area (Å²) in [5.74, 6) is -1.69. The van der Waals surface area contributed by atoms with E-state index in [9.17, 15) is 14.7 Å². The Morgan fingerprint density at radius 3 is 2.72 bits per heavy atom. The standard InChI is InChI=1S/C18H25N3O4/c22-17(20-10-13-2-1-5-19-9-13)14-8-15(18(23)24)12-21(11-14)16-3-6-25-7-4-16/h1-2,5,9,14-16H,3-4,6-8,10-12H2,(H,20,22)(H,23,24)/t14-,15+/m1/s1. The number of rotatable bonds is 5. The van der Waals surface area contributed by atoms with Gasteiger partial charge in [-0.1, -0.05) is 6.07 Å². The Labute approximate surface area is 147 Å². The molecule has 0 radical (unpaired) electrons. The molecule has 2 fully saturated rings. The molecule has 7 nitrogen and oxygen atoms in total. The Bertz CT molecular complexity index is 589. The van der Waals surface area contributed by atoms with E-state index in [1.807, 2.05) is 12.1 Å². The van der Waals surface area contributed by atoms with Crippen molar-refractivity contribution in [1.29, 1.82) is 0 Å². The molecule has 1 aromatic rings. The van der Waals surface area contributed by atoms with E-state index in [1.54, 1.807) is 12.4 Å². The second kappa shape index (κ2) is 8.40. The Kier molecular flexibility index (Phi) is 5.99. The normalized spacial score (nSPS) is 25.4. The molecular weight excluding hydrogens is 322 g/mol. The molecule has 3 heterocycles. The number of nitrogens with zero attached hydrogens (tertiary/aromatic N) is 2. The molecule has 2 aliphatic heterocycles. The van der Waals surface area contributed by atoms with Crippen LogP contribution in [0.15, 0.2) is 24.5 Å². The fourth-order valence-electron chi connectivity index (χ4n) is 3.69. The first-order chi connectivity index (χ1) is 12.1. The van der Waals surface area contributed by atoms with E-state index in [-0.39, 0.29) is 11.8 Å². The number of carboxylic acids is 1. The largest absolute Gasteiger partial charge is 0.481 e. The van der Waals surface area contributed by atoms with Crippen LogP contribution in [0.2, 0.25) is 0 Å².